The van der Waals surface area contributed by atoms with Gasteiger partial charge in [-0.15, -0.1) is 0 Å². The first kappa shape index (κ1) is 26.1. The van der Waals surface area contributed by atoms with E-state index in [-0.39, 0.29) is 17.8 Å². The second kappa shape index (κ2) is 12.3. The molecular weight excluding hydrogens is 473 g/mol. The topological polar surface area (TPSA) is 75.0 Å². The van der Waals surface area contributed by atoms with Gasteiger partial charge in [0.25, 0.3) is 5.91 Å². The van der Waals surface area contributed by atoms with Crippen LogP contribution in [-0.2, 0) is 11.3 Å². The molecule has 3 aromatic carbocycles. The predicted octanol–water partition coefficient (Wildman–Crippen LogP) is 4.43. The Balaban J connectivity index is 1.40. The number of piperazine rings is 1. The number of hydrogen-bond donors (Lipinski definition) is 0. The van der Waals surface area contributed by atoms with E-state index in [4.69, 9.17) is 19.5 Å². The van der Waals surface area contributed by atoms with E-state index in [2.05, 4.69) is 11.0 Å². The van der Waals surface area contributed by atoms with E-state index < -0.39 is 5.82 Å². The molecule has 1 aliphatic rings. The van der Waals surface area contributed by atoms with Crippen LogP contribution in [0.2, 0.25) is 0 Å². The molecule has 1 amide bonds. The van der Waals surface area contributed by atoms with Crippen molar-refractivity contribution in [3.8, 4) is 17.6 Å². The zero-order chi connectivity index (χ0) is 26.2. The summed E-state index contributed by atoms with van der Waals surface area (Å²) in [4.78, 5) is 16.9. The highest BCUT2D eigenvalue weighted by Crippen LogP contribution is 2.26. The van der Waals surface area contributed by atoms with E-state index >= 15 is 0 Å². The molecule has 37 heavy (non-hydrogen) atoms. The molecule has 0 aliphatic carbocycles. The predicted molar refractivity (Wildman–Crippen MR) is 137 cm³/mol. The van der Waals surface area contributed by atoms with Crippen molar-refractivity contribution < 1.29 is 23.4 Å². The lowest BCUT2D eigenvalue weighted by molar-refractivity contribution is 0.00333. The van der Waals surface area contributed by atoms with Gasteiger partial charge < -0.3 is 19.1 Å². The van der Waals surface area contributed by atoms with Crippen LogP contribution in [0.25, 0.3) is 0 Å². The number of rotatable bonds is 9. The lowest BCUT2D eigenvalue weighted by atomic mass is 10.1. The summed E-state index contributed by atoms with van der Waals surface area (Å²) >= 11 is 0. The molecule has 0 aromatic heterocycles. The Morgan fingerprint density at radius 3 is 2.41 bits per heavy atom. The number of ether oxygens (including phenoxy) is 3. The fourth-order valence-corrected chi connectivity index (χ4v) is 4.32. The molecule has 1 atom stereocenters. The average Bonchev–Trinajstić information content (AvgIpc) is 2.95. The van der Waals surface area contributed by atoms with Gasteiger partial charge in [-0.25, -0.2) is 4.39 Å². The van der Waals surface area contributed by atoms with Crippen molar-refractivity contribution in [3.05, 3.63) is 94.8 Å². The SMILES string of the molecule is COc1cccc([C@@H](CN2CCN(C(=O)c3ccc(OC)c(F)c3)CC2)OCc2ccc(C#N)cc2)c1. The van der Waals surface area contributed by atoms with Crippen LogP contribution in [0.5, 0.6) is 11.5 Å². The summed E-state index contributed by atoms with van der Waals surface area (Å²) < 4.78 is 30.8. The molecule has 192 valence electrons. The molecule has 8 heteroatoms. The molecule has 1 fully saturated rings. The fourth-order valence-electron chi connectivity index (χ4n) is 4.32. The van der Waals surface area contributed by atoms with E-state index in [1.807, 2.05) is 36.4 Å². The number of methoxy groups -OCH3 is 2. The Labute approximate surface area is 216 Å². The zero-order valence-corrected chi connectivity index (χ0v) is 21.0. The number of carbonyl (C=O) groups is 1. The van der Waals surface area contributed by atoms with Gasteiger partial charge in [0.1, 0.15) is 5.75 Å². The minimum absolute atomic E-state index is 0.117. The van der Waals surface area contributed by atoms with Gasteiger partial charge in [-0.3, -0.25) is 9.69 Å². The number of hydrogen-bond acceptors (Lipinski definition) is 6. The van der Waals surface area contributed by atoms with Gasteiger partial charge in [0.05, 0.1) is 38.6 Å². The van der Waals surface area contributed by atoms with Crippen molar-refractivity contribution in [3.63, 3.8) is 0 Å². The molecule has 0 saturated carbocycles. The second-order valence-corrected chi connectivity index (χ2v) is 8.83. The number of carbonyl (C=O) groups excluding carboxylic acids is 1. The number of nitriles is 1. The lowest BCUT2D eigenvalue weighted by Crippen LogP contribution is -2.49. The van der Waals surface area contributed by atoms with Gasteiger partial charge in [-0.05, 0) is 53.6 Å². The minimum Gasteiger partial charge on any atom is -0.497 e. The normalized spacial score (nSPS) is 14.6. The van der Waals surface area contributed by atoms with Gasteiger partial charge in [0.15, 0.2) is 11.6 Å². The van der Waals surface area contributed by atoms with Crippen LogP contribution < -0.4 is 9.47 Å². The summed E-state index contributed by atoms with van der Waals surface area (Å²) in [6.45, 7) is 3.45. The van der Waals surface area contributed by atoms with Crippen molar-refractivity contribution in [1.29, 1.82) is 5.26 Å². The number of benzene rings is 3. The van der Waals surface area contributed by atoms with Gasteiger partial charge >= 0.3 is 0 Å². The van der Waals surface area contributed by atoms with Crippen molar-refractivity contribution in [2.45, 2.75) is 12.7 Å². The van der Waals surface area contributed by atoms with Crippen LogP contribution in [0.4, 0.5) is 4.39 Å². The highest BCUT2D eigenvalue weighted by molar-refractivity contribution is 5.94. The standard InChI is InChI=1S/C29H30FN3O4/c1-35-25-5-3-4-23(16-25)28(37-20-22-8-6-21(18-31)7-9-22)19-32-12-14-33(15-13-32)29(34)24-10-11-27(36-2)26(30)17-24/h3-11,16-17,28H,12-15,19-20H2,1-2H3/t28-/m1/s1. The highest BCUT2D eigenvalue weighted by atomic mass is 19.1. The lowest BCUT2D eigenvalue weighted by Gasteiger charge is -2.36. The maximum atomic E-state index is 14.1. The molecule has 1 heterocycles. The maximum absolute atomic E-state index is 14.1. The molecule has 3 aromatic rings. The van der Waals surface area contributed by atoms with Crippen LogP contribution in [0.3, 0.4) is 0 Å². The third-order valence-corrected chi connectivity index (χ3v) is 6.48. The van der Waals surface area contributed by atoms with Crippen molar-refractivity contribution >= 4 is 5.91 Å². The summed E-state index contributed by atoms with van der Waals surface area (Å²) in [5.74, 6) is 0.132. The van der Waals surface area contributed by atoms with E-state index in [1.54, 1.807) is 30.2 Å². The van der Waals surface area contributed by atoms with Crippen LogP contribution in [0.1, 0.15) is 33.2 Å². The Bertz CT molecular complexity index is 1250. The monoisotopic (exact) mass is 503 g/mol. The average molecular weight is 504 g/mol. The van der Waals surface area contributed by atoms with E-state index in [0.29, 0.717) is 50.5 Å². The Kier molecular flexibility index (Phi) is 8.72. The molecule has 7 nitrogen and oxygen atoms in total. The third kappa shape index (κ3) is 6.64. The molecule has 1 saturated heterocycles. The van der Waals surface area contributed by atoms with Crippen LogP contribution in [0.15, 0.2) is 66.7 Å². The first-order chi connectivity index (χ1) is 18.0. The number of amides is 1. The number of halogens is 1. The van der Waals surface area contributed by atoms with E-state index in [9.17, 15) is 9.18 Å². The van der Waals surface area contributed by atoms with Crippen molar-refractivity contribution in [2.75, 3.05) is 46.9 Å². The third-order valence-electron chi connectivity index (χ3n) is 6.48. The summed E-state index contributed by atoms with van der Waals surface area (Å²) in [6, 6.07) is 21.6. The Morgan fingerprint density at radius 2 is 1.76 bits per heavy atom. The first-order valence-electron chi connectivity index (χ1n) is 12.1. The molecule has 0 radical (unpaired) electrons. The summed E-state index contributed by atoms with van der Waals surface area (Å²) in [5, 5.41) is 9.03. The molecule has 1 aliphatic heterocycles. The zero-order valence-electron chi connectivity index (χ0n) is 21.0. The Morgan fingerprint density at radius 1 is 1.00 bits per heavy atom. The Hall–Kier alpha value is -3.93. The van der Waals surface area contributed by atoms with Gasteiger partial charge in [-0.1, -0.05) is 24.3 Å². The van der Waals surface area contributed by atoms with Crippen LogP contribution in [-0.4, -0.2) is 62.7 Å². The molecule has 0 N–H and O–H groups in total. The van der Waals surface area contributed by atoms with Crippen molar-refractivity contribution in [2.24, 2.45) is 0 Å². The maximum Gasteiger partial charge on any atom is 0.254 e. The first-order valence-corrected chi connectivity index (χ1v) is 12.1. The number of nitrogens with zero attached hydrogens (tertiary/aromatic N) is 3. The summed E-state index contributed by atoms with van der Waals surface area (Å²) in [5.41, 5.74) is 2.90. The van der Waals surface area contributed by atoms with Gasteiger partial charge in [0, 0.05) is 38.3 Å². The molecule has 0 spiro atoms. The van der Waals surface area contributed by atoms with Gasteiger partial charge in [-0.2, -0.15) is 5.26 Å². The fraction of sp³-hybridized carbons (Fsp3) is 0.310. The van der Waals surface area contributed by atoms with Gasteiger partial charge in [0.2, 0.25) is 0 Å². The van der Waals surface area contributed by atoms with E-state index in [0.717, 1.165) is 16.9 Å². The second-order valence-electron chi connectivity index (χ2n) is 8.83. The van der Waals surface area contributed by atoms with E-state index in [1.165, 1.54) is 19.2 Å². The molecule has 0 bridgehead atoms. The summed E-state index contributed by atoms with van der Waals surface area (Å²) in [6.07, 6.45) is -0.219. The molecular formula is C29H30FN3O4. The quantitative estimate of drug-likeness (QED) is 0.430. The smallest absolute Gasteiger partial charge is 0.254 e. The van der Waals surface area contributed by atoms with Crippen LogP contribution in [0, 0.1) is 17.1 Å². The molecule has 4 rings (SSSR count). The van der Waals surface area contributed by atoms with Crippen molar-refractivity contribution in [1.82, 2.24) is 9.80 Å². The summed E-state index contributed by atoms with van der Waals surface area (Å²) in [7, 11) is 3.03. The largest absolute Gasteiger partial charge is 0.497 e. The highest BCUT2D eigenvalue weighted by Gasteiger charge is 2.25. The molecule has 0 unspecified atom stereocenters. The minimum atomic E-state index is -0.549. The van der Waals surface area contributed by atoms with Crippen LogP contribution >= 0.6 is 0 Å².